The number of fused-ring (bicyclic) bond motifs is 1. The van der Waals surface area contributed by atoms with E-state index >= 15 is 0 Å². The van der Waals surface area contributed by atoms with Gasteiger partial charge in [0.1, 0.15) is 17.0 Å². The maximum Gasteiger partial charge on any atom is 0.261 e. The number of carbonyl (C=O) groups excluding carboxylic acids is 1. The molecule has 0 fully saturated rings. The molecular formula is C22H19F2N5O3S. The summed E-state index contributed by atoms with van der Waals surface area (Å²) in [6.45, 7) is 1.65. The normalized spacial score (nSPS) is 11.5. The minimum Gasteiger partial charge on any atom is -0.338 e. The van der Waals surface area contributed by atoms with Crippen LogP contribution in [0, 0.1) is 11.6 Å². The molecule has 0 saturated carbocycles. The molecule has 0 aliphatic rings. The molecule has 0 bridgehead atoms. The number of aromatic nitrogens is 3. The summed E-state index contributed by atoms with van der Waals surface area (Å²) >= 11 is 0. The largest absolute Gasteiger partial charge is 0.338 e. The summed E-state index contributed by atoms with van der Waals surface area (Å²) in [5, 5.41) is 3.06. The molecule has 4 aromatic rings. The first-order valence-corrected chi connectivity index (χ1v) is 11.6. The van der Waals surface area contributed by atoms with Gasteiger partial charge in [0.25, 0.3) is 5.91 Å². The molecule has 3 heterocycles. The summed E-state index contributed by atoms with van der Waals surface area (Å²) in [5.74, 6) is -3.76. The summed E-state index contributed by atoms with van der Waals surface area (Å²) in [4.78, 5) is 24.2. The first kappa shape index (κ1) is 22.3. The van der Waals surface area contributed by atoms with Crippen molar-refractivity contribution in [3.63, 3.8) is 0 Å². The first-order valence-electron chi connectivity index (χ1n) is 9.97. The zero-order chi connectivity index (χ0) is 23.6. The maximum atomic E-state index is 14.8. The van der Waals surface area contributed by atoms with Crippen molar-refractivity contribution in [1.29, 1.82) is 0 Å². The molecule has 11 heteroatoms. The van der Waals surface area contributed by atoms with Gasteiger partial charge in [-0.1, -0.05) is 13.0 Å². The lowest BCUT2D eigenvalue weighted by Crippen LogP contribution is -2.20. The van der Waals surface area contributed by atoms with Gasteiger partial charge in [0.05, 0.1) is 34.7 Å². The fourth-order valence-electron chi connectivity index (χ4n) is 3.26. The van der Waals surface area contributed by atoms with Crippen molar-refractivity contribution in [2.24, 2.45) is 0 Å². The van der Waals surface area contributed by atoms with Crippen LogP contribution in [0.1, 0.15) is 23.7 Å². The van der Waals surface area contributed by atoms with Crippen molar-refractivity contribution in [2.75, 3.05) is 15.8 Å². The molecule has 0 saturated heterocycles. The van der Waals surface area contributed by atoms with Crippen molar-refractivity contribution in [1.82, 2.24) is 15.0 Å². The Kier molecular flexibility index (Phi) is 6.05. The molecule has 8 nitrogen and oxygen atoms in total. The van der Waals surface area contributed by atoms with Gasteiger partial charge in [-0.2, -0.15) is 0 Å². The van der Waals surface area contributed by atoms with Crippen LogP contribution in [0.2, 0.25) is 0 Å². The highest BCUT2D eigenvalue weighted by Crippen LogP contribution is 2.26. The zero-order valence-corrected chi connectivity index (χ0v) is 18.2. The maximum absolute atomic E-state index is 14.8. The molecule has 33 heavy (non-hydrogen) atoms. The highest BCUT2D eigenvalue weighted by molar-refractivity contribution is 7.92. The highest BCUT2D eigenvalue weighted by atomic mass is 32.2. The van der Waals surface area contributed by atoms with E-state index in [9.17, 15) is 22.0 Å². The topological polar surface area (TPSA) is 117 Å². The molecule has 1 aromatic carbocycles. The number of H-pyrrole nitrogens is 1. The van der Waals surface area contributed by atoms with Crippen molar-refractivity contribution < 1.29 is 22.0 Å². The van der Waals surface area contributed by atoms with Crippen molar-refractivity contribution in [2.45, 2.75) is 13.3 Å². The molecule has 3 aromatic heterocycles. The van der Waals surface area contributed by atoms with Gasteiger partial charge >= 0.3 is 0 Å². The third-order valence-corrected chi connectivity index (χ3v) is 6.20. The molecule has 170 valence electrons. The monoisotopic (exact) mass is 471 g/mol. The molecule has 0 atom stereocenters. The van der Waals surface area contributed by atoms with E-state index in [2.05, 4.69) is 20.3 Å². The van der Waals surface area contributed by atoms with Crippen molar-refractivity contribution >= 4 is 38.3 Å². The van der Waals surface area contributed by atoms with E-state index in [-0.39, 0.29) is 11.4 Å². The fourth-order valence-corrected chi connectivity index (χ4v) is 4.40. The molecule has 0 spiro atoms. The lowest BCUT2D eigenvalue weighted by Gasteiger charge is -2.12. The number of aromatic amines is 1. The molecular weight excluding hydrogens is 452 g/mol. The summed E-state index contributed by atoms with van der Waals surface area (Å²) in [6, 6.07) is 10.6. The van der Waals surface area contributed by atoms with Gasteiger partial charge in [0.15, 0.2) is 5.82 Å². The number of halogens is 2. The van der Waals surface area contributed by atoms with Gasteiger partial charge in [-0.3, -0.25) is 14.5 Å². The van der Waals surface area contributed by atoms with E-state index in [1.807, 2.05) is 16.9 Å². The van der Waals surface area contributed by atoms with Gasteiger partial charge < -0.3 is 10.3 Å². The highest BCUT2D eigenvalue weighted by Gasteiger charge is 2.23. The van der Waals surface area contributed by atoms with Crippen LogP contribution in [0.25, 0.3) is 22.4 Å². The molecule has 3 N–H and O–H groups in total. The summed E-state index contributed by atoms with van der Waals surface area (Å²) in [5.41, 5.74) is 0.746. The number of anilines is 2. The Morgan fingerprint density at radius 1 is 1.12 bits per heavy atom. The third kappa shape index (κ3) is 4.82. The lowest BCUT2D eigenvalue weighted by molar-refractivity contribution is 0.101. The lowest BCUT2D eigenvalue weighted by atomic mass is 10.1. The Bertz CT molecular complexity index is 1440. The summed E-state index contributed by atoms with van der Waals surface area (Å²) in [7, 11) is -3.83. The van der Waals surface area contributed by atoms with Crippen molar-refractivity contribution in [3.8, 4) is 11.4 Å². The van der Waals surface area contributed by atoms with Crippen LogP contribution in [-0.4, -0.2) is 35.0 Å². The second-order valence-electron chi connectivity index (χ2n) is 7.22. The minimum atomic E-state index is -3.83. The van der Waals surface area contributed by atoms with E-state index in [1.54, 1.807) is 31.3 Å². The standard InChI is InChI=1S/C22H19F2N5O3S/c1-2-9-33(31,32)29-17-7-6-15(23)19(20(17)24)22(30)27-14-10-13-11-18(28-21(13)26-12-14)16-5-3-4-8-25-16/h3-8,10-12,29H,2,9H2,1H3,(H,26,28)(H,27,30). The second kappa shape index (κ2) is 8.94. The summed E-state index contributed by atoms with van der Waals surface area (Å²) < 4.78 is 55.1. The number of sulfonamides is 1. The van der Waals surface area contributed by atoms with Crippen LogP contribution in [-0.2, 0) is 10.0 Å². The number of benzene rings is 1. The van der Waals surface area contributed by atoms with E-state index in [0.29, 0.717) is 28.8 Å². The smallest absolute Gasteiger partial charge is 0.261 e. The van der Waals surface area contributed by atoms with E-state index < -0.39 is 38.8 Å². The molecule has 0 aliphatic heterocycles. The number of pyridine rings is 2. The molecule has 0 radical (unpaired) electrons. The van der Waals surface area contributed by atoms with Crippen LogP contribution in [0.15, 0.2) is 54.9 Å². The molecule has 4 rings (SSSR count). The number of nitrogens with one attached hydrogen (secondary N) is 3. The SMILES string of the molecule is CCCS(=O)(=O)Nc1ccc(F)c(C(=O)Nc2cnc3[nH]c(-c4ccccn4)cc3c2)c1F. The van der Waals surface area contributed by atoms with Crippen LogP contribution < -0.4 is 10.0 Å². The number of carbonyl (C=O) groups is 1. The van der Waals surface area contributed by atoms with Crippen LogP contribution in [0.5, 0.6) is 0 Å². The Morgan fingerprint density at radius 2 is 1.94 bits per heavy atom. The Morgan fingerprint density at radius 3 is 2.67 bits per heavy atom. The van der Waals surface area contributed by atoms with Gasteiger partial charge in [-0.05, 0) is 42.8 Å². The van der Waals surface area contributed by atoms with Crippen LogP contribution >= 0.6 is 0 Å². The Balaban J connectivity index is 1.61. The molecule has 0 aliphatic carbocycles. The zero-order valence-electron chi connectivity index (χ0n) is 17.4. The number of hydrogen-bond acceptors (Lipinski definition) is 5. The van der Waals surface area contributed by atoms with E-state index in [0.717, 1.165) is 12.1 Å². The first-order chi connectivity index (χ1) is 15.8. The predicted molar refractivity (Wildman–Crippen MR) is 121 cm³/mol. The van der Waals surface area contributed by atoms with Gasteiger partial charge in [-0.25, -0.2) is 22.2 Å². The average molecular weight is 471 g/mol. The van der Waals surface area contributed by atoms with Crippen molar-refractivity contribution in [3.05, 3.63) is 72.1 Å². The van der Waals surface area contributed by atoms with Crippen LogP contribution in [0.4, 0.5) is 20.2 Å². The van der Waals surface area contributed by atoms with Gasteiger partial charge in [0.2, 0.25) is 10.0 Å². The number of hydrogen-bond donors (Lipinski definition) is 3. The molecule has 1 amide bonds. The minimum absolute atomic E-state index is 0.204. The van der Waals surface area contributed by atoms with Crippen LogP contribution in [0.3, 0.4) is 0 Å². The number of rotatable bonds is 7. The number of nitrogens with zero attached hydrogens (tertiary/aromatic N) is 2. The Hall–Kier alpha value is -3.86. The second-order valence-corrected chi connectivity index (χ2v) is 9.06. The third-order valence-electron chi connectivity index (χ3n) is 4.73. The van der Waals surface area contributed by atoms with Gasteiger partial charge in [0, 0.05) is 11.6 Å². The van der Waals surface area contributed by atoms with Gasteiger partial charge in [-0.15, -0.1) is 0 Å². The predicted octanol–water partition coefficient (Wildman–Crippen LogP) is 4.31. The Labute approximate surface area is 188 Å². The fraction of sp³-hybridized carbons (Fsp3) is 0.136. The average Bonchev–Trinajstić information content (AvgIpc) is 3.20. The quantitative estimate of drug-likeness (QED) is 0.371. The summed E-state index contributed by atoms with van der Waals surface area (Å²) in [6.07, 6.45) is 3.30. The van der Waals surface area contributed by atoms with E-state index in [1.165, 1.54) is 6.20 Å². The number of amides is 1. The van der Waals surface area contributed by atoms with E-state index in [4.69, 9.17) is 0 Å². The molecule has 0 unspecified atom stereocenters.